The summed E-state index contributed by atoms with van der Waals surface area (Å²) < 4.78 is 4.63. The van der Waals surface area contributed by atoms with Crippen LogP contribution in [0.3, 0.4) is 0 Å². The van der Waals surface area contributed by atoms with E-state index in [1.807, 2.05) is 18.2 Å². The summed E-state index contributed by atoms with van der Waals surface area (Å²) in [5.41, 5.74) is 3.02. The van der Waals surface area contributed by atoms with Gasteiger partial charge >= 0.3 is 5.97 Å². The lowest BCUT2D eigenvalue weighted by molar-refractivity contribution is 0.0600. The number of ether oxygens (including phenoxy) is 1. The summed E-state index contributed by atoms with van der Waals surface area (Å²) in [5, 5.41) is 0. The molecule has 2 nitrogen and oxygen atoms in total. The van der Waals surface area contributed by atoms with Crippen LogP contribution in [0.4, 0.5) is 0 Å². The number of rotatable bonds is 1. The molecule has 1 aliphatic rings. The average Bonchev–Trinajstić information content (AvgIpc) is 2.63. The Morgan fingerprint density at radius 2 is 2.31 bits per heavy atom. The quantitative estimate of drug-likeness (QED) is 0.609. The molecule has 0 atom stereocenters. The molecule has 0 radical (unpaired) electrons. The predicted octanol–water partition coefficient (Wildman–Crippen LogP) is 2.04. The average molecular weight is 174 g/mol. The lowest BCUT2D eigenvalue weighted by Crippen LogP contribution is -2.01. The number of carbonyl (C=O) groups is 1. The third-order valence-electron chi connectivity index (χ3n) is 2.20. The largest absolute Gasteiger partial charge is 0.465 e. The molecular weight excluding hydrogens is 164 g/mol. The van der Waals surface area contributed by atoms with Crippen molar-refractivity contribution < 1.29 is 9.53 Å². The molecule has 2 heteroatoms. The zero-order chi connectivity index (χ0) is 9.26. The maximum atomic E-state index is 11.2. The van der Waals surface area contributed by atoms with Gasteiger partial charge in [0.25, 0.3) is 0 Å². The number of hydrogen-bond acceptors (Lipinski definition) is 2. The maximum absolute atomic E-state index is 11.2. The van der Waals surface area contributed by atoms with Crippen LogP contribution < -0.4 is 0 Å². The van der Waals surface area contributed by atoms with Crippen LogP contribution in [0.25, 0.3) is 6.08 Å². The van der Waals surface area contributed by atoms with Crippen molar-refractivity contribution in [1.29, 1.82) is 0 Å². The van der Waals surface area contributed by atoms with Crippen LogP contribution in [0.2, 0.25) is 0 Å². The fourth-order valence-corrected chi connectivity index (χ4v) is 1.49. The van der Waals surface area contributed by atoms with Gasteiger partial charge in [0, 0.05) is 0 Å². The van der Waals surface area contributed by atoms with Crippen molar-refractivity contribution in [3.63, 3.8) is 0 Å². The van der Waals surface area contributed by atoms with E-state index in [1.165, 1.54) is 12.7 Å². The van der Waals surface area contributed by atoms with Crippen LogP contribution in [-0.2, 0) is 11.2 Å². The Balaban J connectivity index is 2.40. The number of methoxy groups -OCH3 is 1. The van der Waals surface area contributed by atoms with Crippen LogP contribution in [0.5, 0.6) is 0 Å². The molecule has 1 aliphatic carbocycles. The van der Waals surface area contributed by atoms with Crippen molar-refractivity contribution in [2.24, 2.45) is 0 Å². The van der Waals surface area contributed by atoms with Gasteiger partial charge in [0.15, 0.2) is 0 Å². The summed E-state index contributed by atoms with van der Waals surface area (Å²) in [6.07, 6.45) is 5.09. The molecule has 1 aromatic rings. The van der Waals surface area contributed by atoms with E-state index >= 15 is 0 Å². The highest BCUT2D eigenvalue weighted by Gasteiger charge is 2.09. The molecule has 0 fully saturated rings. The van der Waals surface area contributed by atoms with Gasteiger partial charge in [0.2, 0.25) is 0 Å². The monoisotopic (exact) mass is 174 g/mol. The molecule has 0 bridgehead atoms. The molecule has 0 amide bonds. The third kappa shape index (κ3) is 1.35. The van der Waals surface area contributed by atoms with E-state index in [-0.39, 0.29) is 5.97 Å². The van der Waals surface area contributed by atoms with Crippen molar-refractivity contribution in [1.82, 2.24) is 0 Å². The molecule has 0 saturated carbocycles. The Hall–Kier alpha value is -1.57. The van der Waals surface area contributed by atoms with Crippen molar-refractivity contribution in [2.75, 3.05) is 7.11 Å². The highest BCUT2D eigenvalue weighted by Crippen LogP contribution is 2.20. The fourth-order valence-electron chi connectivity index (χ4n) is 1.49. The van der Waals surface area contributed by atoms with E-state index < -0.39 is 0 Å². The minimum atomic E-state index is -0.275. The molecule has 0 aromatic heterocycles. The van der Waals surface area contributed by atoms with Gasteiger partial charge < -0.3 is 4.74 Å². The van der Waals surface area contributed by atoms with Gasteiger partial charge in [0.05, 0.1) is 12.7 Å². The van der Waals surface area contributed by atoms with Crippen molar-refractivity contribution in [3.8, 4) is 0 Å². The highest BCUT2D eigenvalue weighted by molar-refractivity contribution is 5.90. The molecule has 0 unspecified atom stereocenters. The standard InChI is InChI=1S/C11H10O2/c1-13-11(12)10-6-5-8-3-2-4-9(8)7-10/h2,4-7H,3H2,1H3. The molecule has 2 rings (SSSR count). The molecule has 13 heavy (non-hydrogen) atoms. The van der Waals surface area contributed by atoms with E-state index in [0.717, 1.165) is 12.0 Å². The molecule has 1 aromatic carbocycles. The van der Waals surface area contributed by atoms with Crippen LogP contribution in [0.15, 0.2) is 24.3 Å². The lowest BCUT2D eigenvalue weighted by atomic mass is 10.1. The van der Waals surface area contributed by atoms with E-state index in [4.69, 9.17) is 0 Å². The Bertz CT molecular complexity index is 378. The van der Waals surface area contributed by atoms with Gasteiger partial charge in [-0.25, -0.2) is 4.79 Å². The normalized spacial score (nSPS) is 12.7. The van der Waals surface area contributed by atoms with Gasteiger partial charge in [-0.05, 0) is 29.7 Å². The second-order valence-electron chi connectivity index (χ2n) is 3.01. The van der Waals surface area contributed by atoms with Crippen LogP contribution in [-0.4, -0.2) is 13.1 Å². The Morgan fingerprint density at radius 3 is 3.08 bits per heavy atom. The SMILES string of the molecule is COC(=O)c1ccc2c(c1)C=CC2. The number of carbonyl (C=O) groups excluding carboxylic acids is 1. The summed E-state index contributed by atoms with van der Waals surface area (Å²) in [7, 11) is 1.39. The Labute approximate surface area is 76.8 Å². The minimum absolute atomic E-state index is 0.275. The summed E-state index contributed by atoms with van der Waals surface area (Å²) >= 11 is 0. The van der Waals surface area contributed by atoms with Gasteiger partial charge in [0.1, 0.15) is 0 Å². The molecule has 0 N–H and O–H groups in total. The molecule has 0 heterocycles. The van der Waals surface area contributed by atoms with Crippen LogP contribution >= 0.6 is 0 Å². The number of hydrogen-bond donors (Lipinski definition) is 0. The number of fused-ring (bicyclic) bond motifs is 1. The lowest BCUT2D eigenvalue weighted by Gasteiger charge is -2.02. The smallest absolute Gasteiger partial charge is 0.337 e. The van der Waals surface area contributed by atoms with Gasteiger partial charge in [-0.15, -0.1) is 0 Å². The van der Waals surface area contributed by atoms with Crippen molar-refractivity contribution >= 4 is 12.0 Å². The molecule has 0 aliphatic heterocycles. The van der Waals surface area contributed by atoms with E-state index in [0.29, 0.717) is 5.56 Å². The minimum Gasteiger partial charge on any atom is -0.465 e. The number of allylic oxidation sites excluding steroid dienone is 1. The predicted molar refractivity (Wildman–Crippen MR) is 50.5 cm³/mol. The van der Waals surface area contributed by atoms with Gasteiger partial charge in [-0.2, -0.15) is 0 Å². The van der Waals surface area contributed by atoms with Crippen LogP contribution in [0, 0.1) is 0 Å². The van der Waals surface area contributed by atoms with Gasteiger partial charge in [-0.1, -0.05) is 18.2 Å². The van der Waals surface area contributed by atoms with E-state index in [2.05, 4.69) is 10.8 Å². The summed E-state index contributed by atoms with van der Waals surface area (Å²) in [6.45, 7) is 0. The first kappa shape index (κ1) is 8.05. The number of esters is 1. The first-order valence-electron chi connectivity index (χ1n) is 4.19. The van der Waals surface area contributed by atoms with E-state index in [1.54, 1.807) is 6.07 Å². The second-order valence-corrected chi connectivity index (χ2v) is 3.01. The summed E-state index contributed by atoms with van der Waals surface area (Å²) in [5.74, 6) is -0.275. The fraction of sp³-hybridized carbons (Fsp3) is 0.182. The van der Waals surface area contributed by atoms with Crippen molar-refractivity contribution in [2.45, 2.75) is 6.42 Å². The third-order valence-corrected chi connectivity index (χ3v) is 2.20. The molecule has 0 spiro atoms. The summed E-state index contributed by atoms with van der Waals surface area (Å²) in [6, 6.07) is 5.64. The Kier molecular flexibility index (Phi) is 1.89. The van der Waals surface area contributed by atoms with Crippen molar-refractivity contribution in [3.05, 3.63) is 41.0 Å². The molecule has 0 saturated heterocycles. The Morgan fingerprint density at radius 1 is 1.46 bits per heavy atom. The number of benzene rings is 1. The summed E-state index contributed by atoms with van der Waals surface area (Å²) in [4.78, 5) is 11.2. The molecular formula is C11H10O2. The van der Waals surface area contributed by atoms with Gasteiger partial charge in [-0.3, -0.25) is 0 Å². The zero-order valence-corrected chi connectivity index (χ0v) is 7.41. The maximum Gasteiger partial charge on any atom is 0.337 e. The van der Waals surface area contributed by atoms with Crippen LogP contribution in [0.1, 0.15) is 21.5 Å². The topological polar surface area (TPSA) is 26.3 Å². The second kappa shape index (κ2) is 3.05. The first-order chi connectivity index (χ1) is 6.31. The zero-order valence-electron chi connectivity index (χ0n) is 7.41. The van der Waals surface area contributed by atoms with E-state index in [9.17, 15) is 4.79 Å². The molecule has 66 valence electrons. The highest BCUT2D eigenvalue weighted by atomic mass is 16.5. The first-order valence-corrected chi connectivity index (χ1v) is 4.19.